The van der Waals surface area contributed by atoms with Gasteiger partial charge < -0.3 is 35.9 Å². The van der Waals surface area contributed by atoms with E-state index in [0.29, 0.717) is 65.6 Å². The van der Waals surface area contributed by atoms with Crippen molar-refractivity contribution < 1.29 is 33.6 Å². The van der Waals surface area contributed by atoms with Gasteiger partial charge in [0.15, 0.2) is 0 Å². The van der Waals surface area contributed by atoms with Crippen molar-refractivity contribution in [3.8, 4) is 0 Å². The minimum atomic E-state index is -0.678. The van der Waals surface area contributed by atoms with Crippen LogP contribution in [0.15, 0.2) is 18.2 Å². The number of nitrogens with one attached hydrogen (secondary N) is 3. The largest absolute Gasteiger partial charge is 0.379 e. The SMILES string of the molecule is N[C@H]1CC[C@H](NC(=O)CCC(=O)NCCCOCCOCCOCCCNc2ccc([N+](=O)[O-])cc2[N+](=O)[O-])CC1. The number of rotatable bonds is 21. The second-order valence-electron chi connectivity index (χ2n) is 9.72. The Kier molecular flexibility index (Phi) is 16.2. The molecule has 2 rings (SSSR count). The van der Waals surface area contributed by atoms with Crippen molar-refractivity contribution in [2.45, 2.75) is 63.5 Å². The number of nitro benzene ring substituents is 2. The first kappa shape index (κ1) is 33.8. The van der Waals surface area contributed by atoms with Crippen LogP contribution < -0.4 is 21.7 Å². The van der Waals surface area contributed by atoms with Gasteiger partial charge in [-0.2, -0.15) is 0 Å². The van der Waals surface area contributed by atoms with E-state index in [0.717, 1.165) is 31.7 Å². The summed E-state index contributed by atoms with van der Waals surface area (Å²) < 4.78 is 16.4. The summed E-state index contributed by atoms with van der Waals surface area (Å²) in [4.78, 5) is 44.5. The molecule has 1 saturated carbocycles. The molecule has 1 aliphatic rings. The van der Waals surface area contributed by atoms with Crippen molar-refractivity contribution in [3.05, 3.63) is 38.4 Å². The summed E-state index contributed by atoms with van der Waals surface area (Å²) in [7, 11) is 0. The van der Waals surface area contributed by atoms with Gasteiger partial charge in [0, 0.05) is 57.3 Å². The number of amides is 2. The summed E-state index contributed by atoms with van der Waals surface area (Å²) in [5, 5.41) is 30.6. The number of nitrogens with two attached hydrogens (primary N) is 1. The van der Waals surface area contributed by atoms with Gasteiger partial charge in [-0.05, 0) is 44.6 Å². The van der Waals surface area contributed by atoms with E-state index in [-0.39, 0.29) is 53.8 Å². The quantitative estimate of drug-likeness (QED) is 0.0935. The second-order valence-corrected chi connectivity index (χ2v) is 9.72. The fourth-order valence-corrected chi connectivity index (χ4v) is 4.15. The molecule has 15 nitrogen and oxygen atoms in total. The number of ether oxygens (including phenoxy) is 3. The third kappa shape index (κ3) is 14.7. The van der Waals surface area contributed by atoms with E-state index in [1.165, 1.54) is 12.1 Å². The molecular formula is C26H42N6O9. The molecule has 0 unspecified atom stereocenters. The van der Waals surface area contributed by atoms with Gasteiger partial charge in [-0.25, -0.2) is 0 Å². The van der Waals surface area contributed by atoms with E-state index < -0.39 is 9.85 Å². The summed E-state index contributed by atoms with van der Waals surface area (Å²) in [5.74, 6) is -0.253. The number of carbonyl (C=O) groups excluding carboxylic acids is 2. The zero-order chi connectivity index (χ0) is 29.9. The van der Waals surface area contributed by atoms with Crippen molar-refractivity contribution in [2.75, 3.05) is 58.0 Å². The number of anilines is 1. The maximum absolute atomic E-state index is 12.0. The Labute approximate surface area is 239 Å². The zero-order valence-corrected chi connectivity index (χ0v) is 23.3. The predicted octanol–water partition coefficient (Wildman–Crippen LogP) is 2.03. The van der Waals surface area contributed by atoms with E-state index >= 15 is 0 Å². The second kappa shape index (κ2) is 19.6. The molecule has 2 amide bonds. The maximum Gasteiger partial charge on any atom is 0.299 e. The van der Waals surface area contributed by atoms with Gasteiger partial charge in [-0.3, -0.25) is 29.8 Å². The Morgan fingerprint density at radius 2 is 1.41 bits per heavy atom. The Morgan fingerprint density at radius 3 is 2.02 bits per heavy atom. The monoisotopic (exact) mass is 582 g/mol. The fraction of sp³-hybridized carbons (Fsp3) is 0.692. The fourth-order valence-electron chi connectivity index (χ4n) is 4.15. The summed E-state index contributed by atoms with van der Waals surface area (Å²) in [6.45, 7) is 3.37. The topological polar surface area (TPSA) is 210 Å². The van der Waals surface area contributed by atoms with E-state index in [1.807, 2.05) is 0 Å². The molecule has 0 radical (unpaired) electrons. The minimum Gasteiger partial charge on any atom is -0.379 e. The van der Waals surface area contributed by atoms with Crippen molar-refractivity contribution in [1.82, 2.24) is 10.6 Å². The molecule has 0 saturated heterocycles. The normalized spacial score (nSPS) is 16.6. The van der Waals surface area contributed by atoms with Crippen LogP contribution in [0.5, 0.6) is 0 Å². The van der Waals surface area contributed by atoms with Crippen LogP contribution in [0.25, 0.3) is 0 Å². The molecular weight excluding hydrogens is 540 g/mol. The number of hydrogen-bond acceptors (Lipinski definition) is 11. The van der Waals surface area contributed by atoms with Gasteiger partial charge in [0.25, 0.3) is 11.4 Å². The Morgan fingerprint density at radius 1 is 0.829 bits per heavy atom. The van der Waals surface area contributed by atoms with Crippen LogP contribution in [0.3, 0.4) is 0 Å². The summed E-state index contributed by atoms with van der Waals surface area (Å²) >= 11 is 0. The van der Waals surface area contributed by atoms with Crippen molar-refractivity contribution in [1.29, 1.82) is 0 Å². The van der Waals surface area contributed by atoms with Crippen LogP contribution in [0, 0.1) is 20.2 Å². The van der Waals surface area contributed by atoms with Crippen LogP contribution in [-0.2, 0) is 23.8 Å². The van der Waals surface area contributed by atoms with Crippen LogP contribution in [-0.4, -0.2) is 86.5 Å². The van der Waals surface area contributed by atoms with Gasteiger partial charge in [0.1, 0.15) is 5.69 Å². The Balaban J connectivity index is 1.35. The van der Waals surface area contributed by atoms with Crippen molar-refractivity contribution in [2.24, 2.45) is 5.73 Å². The highest BCUT2D eigenvalue weighted by Gasteiger charge is 2.20. The van der Waals surface area contributed by atoms with Gasteiger partial charge in [-0.15, -0.1) is 0 Å². The summed E-state index contributed by atoms with van der Waals surface area (Å²) in [5.41, 5.74) is 5.40. The van der Waals surface area contributed by atoms with Crippen LogP contribution in [0.1, 0.15) is 51.4 Å². The molecule has 41 heavy (non-hydrogen) atoms. The highest BCUT2D eigenvalue weighted by Crippen LogP contribution is 2.28. The lowest BCUT2D eigenvalue weighted by Gasteiger charge is -2.26. The highest BCUT2D eigenvalue weighted by atomic mass is 16.6. The van der Waals surface area contributed by atoms with Crippen molar-refractivity contribution in [3.63, 3.8) is 0 Å². The average Bonchev–Trinajstić information content (AvgIpc) is 2.95. The van der Waals surface area contributed by atoms with E-state index in [2.05, 4.69) is 16.0 Å². The maximum atomic E-state index is 12.0. The molecule has 15 heteroatoms. The number of non-ortho nitro benzene ring substituents is 1. The standard InChI is InChI=1S/C26H42N6O9/c27-20-3-5-21(6-4-20)30-26(34)10-9-25(33)29-12-2-14-40-16-18-41-17-15-39-13-1-11-28-23-8-7-22(31(35)36)19-24(23)32(37)38/h7-8,19-21,28H,1-6,9-18,27H2,(H,29,33)(H,30,34)/t20-,21-. The summed E-state index contributed by atoms with van der Waals surface area (Å²) in [6, 6.07) is 3.86. The third-order valence-electron chi connectivity index (χ3n) is 6.42. The molecule has 0 atom stereocenters. The smallest absolute Gasteiger partial charge is 0.299 e. The first-order chi connectivity index (χ1) is 19.8. The van der Waals surface area contributed by atoms with E-state index in [9.17, 15) is 29.8 Å². The van der Waals surface area contributed by atoms with Crippen LogP contribution in [0.4, 0.5) is 17.1 Å². The average molecular weight is 583 g/mol. The van der Waals surface area contributed by atoms with E-state index in [1.54, 1.807) is 0 Å². The zero-order valence-electron chi connectivity index (χ0n) is 23.3. The minimum absolute atomic E-state index is 0.0978. The molecule has 5 N–H and O–H groups in total. The van der Waals surface area contributed by atoms with Gasteiger partial charge in [0.2, 0.25) is 11.8 Å². The predicted molar refractivity (Wildman–Crippen MR) is 151 cm³/mol. The van der Waals surface area contributed by atoms with Gasteiger partial charge in [0.05, 0.1) is 42.3 Å². The van der Waals surface area contributed by atoms with E-state index in [4.69, 9.17) is 19.9 Å². The van der Waals surface area contributed by atoms with Gasteiger partial charge >= 0.3 is 0 Å². The number of carbonyl (C=O) groups is 2. The highest BCUT2D eigenvalue weighted by molar-refractivity contribution is 5.83. The molecule has 1 aromatic carbocycles. The molecule has 1 fully saturated rings. The molecule has 0 aliphatic heterocycles. The Bertz CT molecular complexity index is 973. The number of hydrogen-bond donors (Lipinski definition) is 4. The first-order valence-corrected chi connectivity index (χ1v) is 14.0. The number of nitro groups is 2. The molecule has 0 aromatic heterocycles. The number of benzene rings is 1. The summed E-state index contributed by atoms with van der Waals surface area (Å²) in [6.07, 6.45) is 5.19. The van der Waals surface area contributed by atoms with Gasteiger partial charge in [-0.1, -0.05) is 0 Å². The van der Waals surface area contributed by atoms with Crippen LogP contribution in [0.2, 0.25) is 0 Å². The molecule has 0 bridgehead atoms. The lowest BCUT2D eigenvalue weighted by atomic mass is 9.92. The van der Waals surface area contributed by atoms with Crippen LogP contribution >= 0.6 is 0 Å². The molecule has 1 aliphatic carbocycles. The molecule has 230 valence electrons. The first-order valence-electron chi connectivity index (χ1n) is 14.0. The molecule has 0 spiro atoms. The lowest BCUT2D eigenvalue weighted by Crippen LogP contribution is -2.40. The van der Waals surface area contributed by atoms with Crippen molar-refractivity contribution >= 4 is 28.9 Å². The Hall–Kier alpha value is -3.40. The number of nitrogens with zero attached hydrogens (tertiary/aromatic N) is 2. The third-order valence-corrected chi connectivity index (χ3v) is 6.42. The molecule has 1 aromatic rings. The molecule has 0 heterocycles. The lowest BCUT2D eigenvalue weighted by molar-refractivity contribution is -0.393.